The van der Waals surface area contributed by atoms with Gasteiger partial charge in [0.25, 0.3) is 0 Å². The van der Waals surface area contributed by atoms with E-state index in [-0.39, 0.29) is 0 Å². The molecule has 1 aliphatic rings. The number of likely N-dealkylation sites (N-methyl/N-ethyl adjacent to an activating group) is 1. The number of nitrogens with zero attached hydrogens (tertiary/aromatic N) is 3. The van der Waals surface area contributed by atoms with Crippen LogP contribution < -0.4 is 10.1 Å². The standard InChI is InChI=1S/C13H22N4O/c1-4-17-7-5-6-11(17)9-14-12-8-13(18-3)16-10(2)15-12/h8,11H,4-7,9H2,1-3H3,(H,14,15,16). The van der Waals surface area contributed by atoms with E-state index in [1.165, 1.54) is 19.4 Å². The summed E-state index contributed by atoms with van der Waals surface area (Å²) in [5, 5.41) is 3.39. The van der Waals surface area contributed by atoms with Gasteiger partial charge in [0.15, 0.2) is 0 Å². The Hall–Kier alpha value is -1.36. The second-order valence-electron chi connectivity index (χ2n) is 4.65. The summed E-state index contributed by atoms with van der Waals surface area (Å²) in [6.45, 7) is 7.37. The normalized spacial score (nSPS) is 20.1. The van der Waals surface area contributed by atoms with Crippen LogP contribution in [0.5, 0.6) is 5.88 Å². The second kappa shape index (κ2) is 6.00. The van der Waals surface area contributed by atoms with Crippen LogP contribution in [0.3, 0.4) is 0 Å². The maximum atomic E-state index is 5.15. The van der Waals surface area contributed by atoms with Crippen molar-refractivity contribution in [2.24, 2.45) is 0 Å². The Balaban J connectivity index is 1.95. The van der Waals surface area contributed by atoms with Crippen molar-refractivity contribution >= 4 is 5.82 Å². The number of hydrogen-bond acceptors (Lipinski definition) is 5. The van der Waals surface area contributed by atoms with Crippen molar-refractivity contribution in [1.82, 2.24) is 14.9 Å². The minimum atomic E-state index is 0.615. The van der Waals surface area contributed by atoms with Crippen molar-refractivity contribution in [1.29, 1.82) is 0 Å². The van der Waals surface area contributed by atoms with Crippen LogP contribution in [0.1, 0.15) is 25.6 Å². The summed E-state index contributed by atoms with van der Waals surface area (Å²) in [6, 6.07) is 2.47. The molecule has 2 rings (SSSR count). The van der Waals surface area contributed by atoms with Crippen LogP contribution in [0.15, 0.2) is 6.07 Å². The third-order valence-electron chi connectivity index (χ3n) is 3.45. The Labute approximate surface area is 109 Å². The number of nitrogens with one attached hydrogen (secondary N) is 1. The van der Waals surface area contributed by atoms with Crippen LogP contribution in [0.25, 0.3) is 0 Å². The number of ether oxygens (including phenoxy) is 1. The maximum Gasteiger partial charge on any atom is 0.218 e. The van der Waals surface area contributed by atoms with E-state index < -0.39 is 0 Å². The summed E-state index contributed by atoms with van der Waals surface area (Å²) in [4.78, 5) is 11.1. The van der Waals surface area contributed by atoms with Gasteiger partial charge in [-0.15, -0.1) is 0 Å². The first-order chi connectivity index (χ1) is 8.72. The summed E-state index contributed by atoms with van der Waals surface area (Å²) in [7, 11) is 1.63. The van der Waals surface area contributed by atoms with Crippen molar-refractivity contribution in [2.45, 2.75) is 32.7 Å². The molecule has 0 radical (unpaired) electrons. The zero-order chi connectivity index (χ0) is 13.0. The Morgan fingerprint density at radius 1 is 1.50 bits per heavy atom. The van der Waals surface area contributed by atoms with Gasteiger partial charge in [-0.3, -0.25) is 4.90 Å². The number of hydrogen-bond donors (Lipinski definition) is 1. The van der Waals surface area contributed by atoms with Crippen LogP contribution in [0, 0.1) is 6.92 Å². The number of rotatable bonds is 5. The second-order valence-corrected chi connectivity index (χ2v) is 4.65. The van der Waals surface area contributed by atoms with Crippen LogP contribution in [-0.2, 0) is 0 Å². The Kier molecular flexibility index (Phi) is 4.36. The largest absolute Gasteiger partial charge is 0.481 e. The Morgan fingerprint density at radius 3 is 3.06 bits per heavy atom. The molecule has 0 aromatic carbocycles. The summed E-state index contributed by atoms with van der Waals surface area (Å²) in [5.41, 5.74) is 0. The summed E-state index contributed by atoms with van der Waals surface area (Å²) < 4.78 is 5.15. The first kappa shape index (κ1) is 13.1. The molecule has 0 spiro atoms. The third kappa shape index (κ3) is 3.10. The molecule has 1 unspecified atom stereocenters. The van der Waals surface area contributed by atoms with E-state index in [0.29, 0.717) is 11.9 Å². The SMILES string of the molecule is CCN1CCCC1CNc1cc(OC)nc(C)n1. The monoisotopic (exact) mass is 250 g/mol. The highest BCUT2D eigenvalue weighted by molar-refractivity contribution is 5.38. The van der Waals surface area contributed by atoms with Gasteiger partial charge in [0.1, 0.15) is 11.6 Å². The summed E-state index contributed by atoms with van der Waals surface area (Å²) in [6.07, 6.45) is 2.56. The molecule has 100 valence electrons. The number of aryl methyl sites for hydroxylation is 1. The smallest absolute Gasteiger partial charge is 0.218 e. The summed E-state index contributed by atoms with van der Waals surface area (Å²) in [5.74, 6) is 2.20. The van der Waals surface area contributed by atoms with E-state index in [0.717, 1.165) is 24.7 Å². The number of aromatic nitrogens is 2. The van der Waals surface area contributed by atoms with Gasteiger partial charge >= 0.3 is 0 Å². The van der Waals surface area contributed by atoms with Gasteiger partial charge < -0.3 is 10.1 Å². The van der Waals surface area contributed by atoms with Gasteiger partial charge in [-0.25, -0.2) is 4.98 Å². The lowest BCUT2D eigenvalue weighted by atomic mass is 10.2. The number of anilines is 1. The lowest BCUT2D eigenvalue weighted by molar-refractivity contribution is 0.277. The van der Waals surface area contributed by atoms with Gasteiger partial charge in [-0.2, -0.15) is 4.98 Å². The highest BCUT2D eigenvalue weighted by Gasteiger charge is 2.22. The van der Waals surface area contributed by atoms with Gasteiger partial charge in [-0.05, 0) is 32.9 Å². The first-order valence-electron chi connectivity index (χ1n) is 6.60. The molecular formula is C13H22N4O. The Morgan fingerprint density at radius 2 is 2.33 bits per heavy atom. The lowest BCUT2D eigenvalue weighted by Gasteiger charge is -2.23. The minimum Gasteiger partial charge on any atom is -0.481 e. The molecule has 1 aromatic rings. The molecule has 0 bridgehead atoms. The molecule has 18 heavy (non-hydrogen) atoms. The van der Waals surface area contributed by atoms with E-state index in [2.05, 4.69) is 27.1 Å². The topological polar surface area (TPSA) is 50.3 Å². The molecule has 0 aliphatic carbocycles. The van der Waals surface area contributed by atoms with Crippen molar-refractivity contribution in [3.05, 3.63) is 11.9 Å². The fourth-order valence-corrected chi connectivity index (χ4v) is 2.50. The van der Waals surface area contributed by atoms with E-state index in [1.807, 2.05) is 13.0 Å². The molecule has 5 nitrogen and oxygen atoms in total. The van der Waals surface area contributed by atoms with Crippen LogP contribution in [-0.4, -0.2) is 47.7 Å². The average Bonchev–Trinajstić information content (AvgIpc) is 2.83. The molecule has 1 fully saturated rings. The fourth-order valence-electron chi connectivity index (χ4n) is 2.50. The average molecular weight is 250 g/mol. The third-order valence-corrected chi connectivity index (χ3v) is 3.45. The van der Waals surface area contributed by atoms with Crippen molar-refractivity contribution in [3.63, 3.8) is 0 Å². The van der Waals surface area contributed by atoms with Gasteiger partial charge in [-0.1, -0.05) is 6.92 Å². The molecule has 0 saturated carbocycles. The Bertz CT molecular complexity index is 397. The zero-order valence-corrected chi connectivity index (χ0v) is 11.4. The molecule has 1 aromatic heterocycles. The van der Waals surface area contributed by atoms with Crippen molar-refractivity contribution in [2.75, 3.05) is 32.1 Å². The number of likely N-dealkylation sites (tertiary alicyclic amines) is 1. The zero-order valence-electron chi connectivity index (χ0n) is 11.4. The van der Waals surface area contributed by atoms with Crippen LogP contribution >= 0.6 is 0 Å². The molecule has 2 heterocycles. The molecule has 1 N–H and O–H groups in total. The van der Waals surface area contributed by atoms with Gasteiger partial charge in [0.2, 0.25) is 5.88 Å². The van der Waals surface area contributed by atoms with Crippen molar-refractivity contribution < 1.29 is 4.74 Å². The quantitative estimate of drug-likeness (QED) is 0.862. The van der Waals surface area contributed by atoms with E-state index in [9.17, 15) is 0 Å². The predicted molar refractivity (Wildman–Crippen MR) is 72.1 cm³/mol. The molecule has 1 atom stereocenters. The van der Waals surface area contributed by atoms with Crippen LogP contribution in [0.4, 0.5) is 5.82 Å². The summed E-state index contributed by atoms with van der Waals surface area (Å²) >= 11 is 0. The first-order valence-corrected chi connectivity index (χ1v) is 6.60. The molecule has 5 heteroatoms. The maximum absolute atomic E-state index is 5.15. The lowest BCUT2D eigenvalue weighted by Crippen LogP contribution is -2.34. The van der Waals surface area contributed by atoms with E-state index in [1.54, 1.807) is 7.11 Å². The van der Waals surface area contributed by atoms with E-state index >= 15 is 0 Å². The van der Waals surface area contributed by atoms with Gasteiger partial charge in [0.05, 0.1) is 7.11 Å². The fraction of sp³-hybridized carbons (Fsp3) is 0.692. The highest BCUT2D eigenvalue weighted by atomic mass is 16.5. The molecule has 1 saturated heterocycles. The minimum absolute atomic E-state index is 0.615. The molecular weight excluding hydrogens is 228 g/mol. The predicted octanol–water partition coefficient (Wildman–Crippen LogP) is 1.69. The highest BCUT2D eigenvalue weighted by Crippen LogP contribution is 2.18. The number of methoxy groups -OCH3 is 1. The van der Waals surface area contributed by atoms with Crippen molar-refractivity contribution in [3.8, 4) is 5.88 Å². The van der Waals surface area contributed by atoms with Gasteiger partial charge in [0, 0.05) is 18.7 Å². The molecule has 0 amide bonds. The molecule has 1 aliphatic heterocycles. The van der Waals surface area contributed by atoms with Crippen LogP contribution in [0.2, 0.25) is 0 Å². The van der Waals surface area contributed by atoms with E-state index in [4.69, 9.17) is 4.74 Å².